The van der Waals surface area contributed by atoms with Crippen molar-refractivity contribution in [2.75, 3.05) is 47.8 Å². The van der Waals surface area contributed by atoms with E-state index in [1.807, 2.05) is 254 Å². The van der Waals surface area contributed by atoms with Gasteiger partial charge < -0.3 is 28.4 Å². The molecule has 12 aromatic rings. The summed E-state index contributed by atoms with van der Waals surface area (Å²) in [5.41, 5.74) is 9.02. The number of benzene rings is 10. The van der Waals surface area contributed by atoms with E-state index in [0.717, 1.165) is 88.8 Å². The van der Waals surface area contributed by atoms with Gasteiger partial charge in [0.05, 0.1) is 0 Å². The van der Waals surface area contributed by atoms with Crippen LogP contribution in [-0.2, 0) is 0 Å². The number of carbonyl (C=O) groups is 4. The summed E-state index contributed by atoms with van der Waals surface area (Å²) in [6.45, 7) is 0. The molecule has 0 atom stereocenters. The molecular weight excluding hydrogens is 1050 g/mol. The first-order chi connectivity index (χ1) is 41.0. The fourth-order valence-corrected chi connectivity index (χ4v) is 12.9. The lowest BCUT2D eigenvalue weighted by Crippen LogP contribution is -2.67. The predicted octanol–water partition coefficient (Wildman–Crippen LogP) is 13.8. The minimum absolute atomic E-state index is 0.216. The Bertz CT molecular complexity index is 4340. The third-order valence-corrected chi connectivity index (χ3v) is 17.2. The zero-order valence-electron chi connectivity index (χ0n) is 45.8. The number of nitrogens with zero attached hydrogens (tertiary/aromatic N) is 8. The normalized spacial score (nSPS) is 15.1. The molecule has 0 amide bonds. The highest BCUT2D eigenvalue weighted by Crippen LogP contribution is 2.51. The van der Waals surface area contributed by atoms with E-state index in [9.17, 15) is 19.2 Å². The monoisotopic (exact) mass is 1100 g/mol. The first-order valence-corrected chi connectivity index (χ1v) is 27.4. The maximum atomic E-state index is 14.3. The summed E-state index contributed by atoms with van der Waals surface area (Å²) in [7, 11) is 7.35. The van der Waals surface area contributed by atoms with Crippen molar-refractivity contribution in [2.24, 2.45) is 0 Å². The molecule has 14 nitrogen and oxygen atoms in total. The molecule has 2 spiro atoms. The molecule has 10 aromatic carbocycles. The number of likely N-dealkylation sites (N-methyl/N-ethyl adjacent to an activating group) is 4. The van der Waals surface area contributed by atoms with Gasteiger partial charge in [-0.15, -0.1) is 20.4 Å². The Morgan fingerprint density at radius 1 is 0.286 bits per heavy atom. The van der Waals surface area contributed by atoms with Gasteiger partial charge in [-0.05, 0) is 130 Å². The standard InChI is InChI=1S/2C35H24N4O3/c2*1-38-28-12-6-10-22-11-7-13-29(30(22)28)39(2)35(38)31(40)26-19-18-25(20-27(26)32(35)41)21-14-16-24(17-15-21)34-37-36-33(42-34)23-8-4-3-5-9-23/h2*3-20H,1-2H3. The van der Waals surface area contributed by atoms with Crippen LogP contribution in [0.1, 0.15) is 41.4 Å². The lowest BCUT2D eigenvalue weighted by atomic mass is 9.92. The number of hydrogen-bond donors (Lipinski definition) is 0. The van der Waals surface area contributed by atoms with Crippen LogP contribution in [0.4, 0.5) is 22.7 Å². The van der Waals surface area contributed by atoms with Gasteiger partial charge in [0, 0.05) is 106 Å². The van der Waals surface area contributed by atoms with E-state index >= 15 is 0 Å². The number of fused-ring (bicyclic) bond motifs is 2. The Morgan fingerprint density at radius 3 is 0.881 bits per heavy atom. The van der Waals surface area contributed by atoms with Crippen LogP contribution in [-0.4, -0.2) is 83.0 Å². The number of aromatic nitrogens is 4. The smallest absolute Gasteiger partial charge is 0.248 e. The van der Waals surface area contributed by atoms with Crippen molar-refractivity contribution in [3.8, 4) is 68.1 Å². The van der Waals surface area contributed by atoms with Crippen molar-refractivity contribution in [3.63, 3.8) is 0 Å². The van der Waals surface area contributed by atoms with Crippen molar-refractivity contribution in [2.45, 2.75) is 11.3 Å². The number of anilines is 4. The van der Waals surface area contributed by atoms with Crippen LogP contribution in [0.2, 0.25) is 0 Å². The van der Waals surface area contributed by atoms with Crippen molar-refractivity contribution in [3.05, 3.63) is 241 Å². The first kappa shape index (κ1) is 49.9. The summed E-state index contributed by atoms with van der Waals surface area (Å²) in [6.07, 6.45) is 0. The summed E-state index contributed by atoms with van der Waals surface area (Å²) in [5, 5.41) is 21.0. The Balaban J connectivity index is 0.000000143. The molecule has 2 aromatic heterocycles. The molecule has 2 aliphatic carbocycles. The largest absolute Gasteiger partial charge is 0.416 e. The molecule has 0 radical (unpaired) electrons. The number of ketones is 4. The van der Waals surface area contributed by atoms with E-state index in [4.69, 9.17) is 8.83 Å². The van der Waals surface area contributed by atoms with Crippen LogP contribution < -0.4 is 19.6 Å². The van der Waals surface area contributed by atoms with Crippen LogP contribution in [0.15, 0.2) is 227 Å². The average molecular weight is 1100 g/mol. The summed E-state index contributed by atoms with van der Waals surface area (Å²) in [5.74, 6) is 0.891. The molecule has 2 aliphatic heterocycles. The zero-order chi connectivity index (χ0) is 57.2. The topological polar surface area (TPSA) is 159 Å². The minimum Gasteiger partial charge on any atom is -0.416 e. The number of Topliss-reactive ketones (excluding diaryl/α,β-unsaturated/α-hetero) is 4. The molecule has 0 unspecified atom stereocenters. The van der Waals surface area contributed by atoms with Crippen molar-refractivity contribution in [1.82, 2.24) is 20.4 Å². The predicted molar refractivity (Wildman–Crippen MR) is 326 cm³/mol. The lowest BCUT2D eigenvalue weighted by Gasteiger charge is -2.48. The van der Waals surface area contributed by atoms with Crippen LogP contribution in [0.3, 0.4) is 0 Å². The maximum Gasteiger partial charge on any atom is 0.248 e. The van der Waals surface area contributed by atoms with Gasteiger partial charge in [-0.25, -0.2) is 0 Å². The number of hydrogen-bond acceptors (Lipinski definition) is 14. The van der Waals surface area contributed by atoms with Gasteiger partial charge in [-0.2, -0.15) is 0 Å². The van der Waals surface area contributed by atoms with E-state index in [1.54, 1.807) is 12.1 Å². The van der Waals surface area contributed by atoms with Gasteiger partial charge in [0.25, 0.3) is 0 Å². The third-order valence-electron chi connectivity index (χ3n) is 17.2. The van der Waals surface area contributed by atoms with Crippen molar-refractivity contribution >= 4 is 67.4 Å². The summed E-state index contributed by atoms with van der Waals surface area (Å²) in [4.78, 5) is 64.4. The van der Waals surface area contributed by atoms with Crippen LogP contribution in [0, 0.1) is 0 Å². The molecule has 0 saturated carbocycles. The maximum absolute atomic E-state index is 14.3. The van der Waals surface area contributed by atoms with Gasteiger partial charge in [0.2, 0.25) is 58.0 Å². The zero-order valence-corrected chi connectivity index (χ0v) is 45.8. The van der Waals surface area contributed by atoms with E-state index in [0.29, 0.717) is 45.8 Å². The highest BCUT2D eigenvalue weighted by Gasteiger charge is 2.62. The molecule has 0 saturated heterocycles. The highest BCUT2D eigenvalue weighted by molar-refractivity contribution is 6.39. The number of rotatable bonds is 6. The Labute approximate surface area is 481 Å². The molecule has 0 bridgehead atoms. The second kappa shape index (κ2) is 18.7. The summed E-state index contributed by atoms with van der Waals surface area (Å²) in [6, 6.07) is 69.7. The SMILES string of the molecule is CN1c2cccc3cccc(c23)N(C)C12C(=O)c1ccc(-c3ccc(-c4nnc(-c5ccccc5)o4)cc3)cc1C2=O.CN1c2cccc3cccc(c23)N(C)C12C(=O)c1ccc(-c3ccc(-c4nnc(-c5ccccc5)o4)cc3)cc1C2=O. The molecule has 4 heterocycles. The lowest BCUT2D eigenvalue weighted by molar-refractivity contribution is 0.0780. The molecule has 14 heteroatoms. The van der Waals surface area contributed by atoms with Gasteiger partial charge in [-0.3, -0.25) is 19.2 Å². The van der Waals surface area contributed by atoms with E-state index < -0.39 is 11.3 Å². The quantitative estimate of drug-likeness (QED) is 0.145. The van der Waals surface area contributed by atoms with Crippen molar-refractivity contribution in [1.29, 1.82) is 0 Å². The summed E-state index contributed by atoms with van der Waals surface area (Å²) < 4.78 is 11.8. The molecule has 0 N–H and O–H groups in total. The second-order valence-electron chi connectivity index (χ2n) is 21.4. The minimum atomic E-state index is -1.48. The van der Waals surface area contributed by atoms with Gasteiger partial charge >= 0.3 is 0 Å². The van der Waals surface area contributed by atoms with E-state index in [-0.39, 0.29) is 23.1 Å². The second-order valence-corrected chi connectivity index (χ2v) is 21.4. The van der Waals surface area contributed by atoms with Crippen LogP contribution in [0.25, 0.3) is 89.6 Å². The third kappa shape index (κ3) is 7.09. The molecule has 84 heavy (non-hydrogen) atoms. The Hall–Kier alpha value is -11.1. The Morgan fingerprint density at radius 2 is 0.560 bits per heavy atom. The van der Waals surface area contributed by atoms with E-state index in [2.05, 4.69) is 20.4 Å². The van der Waals surface area contributed by atoms with Crippen LogP contribution in [0.5, 0.6) is 0 Å². The van der Waals surface area contributed by atoms with Gasteiger partial charge in [-0.1, -0.05) is 121 Å². The molecule has 4 aliphatic rings. The fraction of sp³-hybridized carbons (Fsp3) is 0.0857. The molecule has 0 fully saturated rings. The number of carbonyl (C=O) groups excluding carboxylic acids is 4. The fourth-order valence-electron chi connectivity index (χ4n) is 12.9. The molecular formula is C70H48N8O6. The average Bonchev–Trinajstić information content (AvgIpc) is 1.88. The van der Waals surface area contributed by atoms with Crippen molar-refractivity contribution < 1.29 is 28.0 Å². The van der Waals surface area contributed by atoms with Crippen LogP contribution >= 0.6 is 0 Å². The highest BCUT2D eigenvalue weighted by atomic mass is 16.4. The molecule has 16 rings (SSSR count). The Kier molecular flexibility index (Phi) is 11.1. The van der Waals surface area contributed by atoms with Gasteiger partial charge in [0.15, 0.2) is 0 Å². The summed E-state index contributed by atoms with van der Waals surface area (Å²) >= 11 is 0. The van der Waals surface area contributed by atoms with E-state index in [1.165, 1.54) is 0 Å². The first-order valence-electron chi connectivity index (χ1n) is 27.4. The van der Waals surface area contributed by atoms with Gasteiger partial charge in [0.1, 0.15) is 0 Å². The molecule has 404 valence electrons.